The van der Waals surface area contributed by atoms with Gasteiger partial charge in [0.1, 0.15) is 6.04 Å². The minimum Gasteiger partial charge on any atom is -0.335 e. The second-order valence-electron chi connectivity index (χ2n) is 2.98. The lowest BCUT2D eigenvalue weighted by Crippen LogP contribution is -2.22. The zero-order chi connectivity index (χ0) is 9.68. The van der Waals surface area contributed by atoms with Crippen LogP contribution in [0.5, 0.6) is 0 Å². The van der Waals surface area contributed by atoms with Gasteiger partial charge in [-0.1, -0.05) is 12.8 Å². The average Bonchev–Trinajstić information content (AvgIpc) is 2.54. The Kier molecular flexibility index (Phi) is 3.53. The maximum atomic E-state index is 5.42. The third-order valence-electron chi connectivity index (χ3n) is 1.91. The number of imidazole rings is 1. The van der Waals surface area contributed by atoms with E-state index in [2.05, 4.69) is 23.1 Å². The fourth-order valence-electron chi connectivity index (χ4n) is 1.18. The van der Waals surface area contributed by atoms with Crippen LogP contribution in [-0.2, 0) is 7.05 Å². The van der Waals surface area contributed by atoms with Gasteiger partial charge in [-0.05, 0) is 13.0 Å². The standard InChI is InChI=1S/C10H15N3/c1-4-6-12-9(5-2)10-7-11-8-13(10)3/h2,7-9,12H,4,6H2,1,3H3. The molecule has 3 nitrogen and oxygen atoms in total. The van der Waals surface area contributed by atoms with Crippen LogP contribution in [0.15, 0.2) is 12.5 Å². The van der Waals surface area contributed by atoms with Gasteiger partial charge in [-0.2, -0.15) is 0 Å². The normalized spacial score (nSPS) is 12.4. The van der Waals surface area contributed by atoms with E-state index < -0.39 is 0 Å². The molecule has 0 saturated carbocycles. The van der Waals surface area contributed by atoms with E-state index in [-0.39, 0.29) is 6.04 Å². The number of hydrogen-bond acceptors (Lipinski definition) is 2. The molecule has 3 heteroatoms. The molecule has 0 saturated heterocycles. The van der Waals surface area contributed by atoms with E-state index in [4.69, 9.17) is 6.42 Å². The van der Waals surface area contributed by atoms with Gasteiger partial charge < -0.3 is 4.57 Å². The van der Waals surface area contributed by atoms with Crippen LogP contribution in [0.1, 0.15) is 25.1 Å². The van der Waals surface area contributed by atoms with Crippen molar-refractivity contribution in [2.75, 3.05) is 6.54 Å². The molecule has 0 aliphatic heterocycles. The molecule has 1 N–H and O–H groups in total. The van der Waals surface area contributed by atoms with Crippen molar-refractivity contribution in [1.82, 2.24) is 14.9 Å². The number of hydrogen-bond donors (Lipinski definition) is 1. The van der Waals surface area contributed by atoms with Crippen molar-refractivity contribution in [2.24, 2.45) is 7.05 Å². The van der Waals surface area contributed by atoms with Crippen molar-refractivity contribution in [2.45, 2.75) is 19.4 Å². The summed E-state index contributed by atoms with van der Waals surface area (Å²) in [5, 5.41) is 3.27. The lowest BCUT2D eigenvalue weighted by molar-refractivity contribution is 0.596. The Balaban J connectivity index is 2.68. The minimum atomic E-state index is -0.0209. The molecule has 1 unspecified atom stereocenters. The van der Waals surface area contributed by atoms with E-state index in [0.29, 0.717) is 0 Å². The van der Waals surface area contributed by atoms with Gasteiger partial charge in [-0.15, -0.1) is 6.42 Å². The number of nitrogens with zero attached hydrogens (tertiary/aromatic N) is 2. The first kappa shape index (κ1) is 9.82. The summed E-state index contributed by atoms with van der Waals surface area (Å²) in [6.07, 6.45) is 10.1. The van der Waals surface area contributed by atoms with Gasteiger partial charge in [0.2, 0.25) is 0 Å². The Labute approximate surface area is 79.2 Å². The van der Waals surface area contributed by atoms with Crippen molar-refractivity contribution < 1.29 is 0 Å². The Morgan fingerprint density at radius 2 is 2.54 bits per heavy atom. The minimum absolute atomic E-state index is 0.0209. The highest BCUT2D eigenvalue weighted by Gasteiger charge is 2.09. The first-order chi connectivity index (χ1) is 6.29. The van der Waals surface area contributed by atoms with Crippen LogP contribution < -0.4 is 5.32 Å². The fourth-order valence-corrected chi connectivity index (χ4v) is 1.18. The third-order valence-corrected chi connectivity index (χ3v) is 1.91. The highest BCUT2D eigenvalue weighted by atomic mass is 15.1. The van der Waals surface area contributed by atoms with Crippen molar-refractivity contribution in [1.29, 1.82) is 0 Å². The molecule has 70 valence electrons. The summed E-state index contributed by atoms with van der Waals surface area (Å²) in [4.78, 5) is 4.03. The number of nitrogens with one attached hydrogen (secondary N) is 1. The molecule has 0 aromatic carbocycles. The fraction of sp³-hybridized carbons (Fsp3) is 0.500. The molecule has 1 aromatic heterocycles. The van der Waals surface area contributed by atoms with Gasteiger partial charge >= 0.3 is 0 Å². The highest BCUT2D eigenvalue weighted by molar-refractivity contribution is 5.16. The molecule has 1 heterocycles. The maximum Gasteiger partial charge on any atom is 0.111 e. The monoisotopic (exact) mass is 177 g/mol. The van der Waals surface area contributed by atoms with Gasteiger partial charge in [-0.3, -0.25) is 5.32 Å². The molecular weight excluding hydrogens is 162 g/mol. The summed E-state index contributed by atoms with van der Waals surface area (Å²) < 4.78 is 1.94. The molecule has 0 bridgehead atoms. The van der Waals surface area contributed by atoms with E-state index in [1.165, 1.54) is 0 Å². The Morgan fingerprint density at radius 1 is 1.77 bits per heavy atom. The molecule has 13 heavy (non-hydrogen) atoms. The van der Waals surface area contributed by atoms with Crippen molar-refractivity contribution >= 4 is 0 Å². The van der Waals surface area contributed by atoms with E-state index in [9.17, 15) is 0 Å². The van der Waals surface area contributed by atoms with Gasteiger partial charge in [-0.25, -0.2) is 4.98 Å². The quantitative estimate of drug-likeness (QED) is 0.698. The molecule has 0 fully saturated rings. The van der Waals surface area contributed by atoms with Crippen LogP contribution in [0, 0.1) is 12.3 Å². The lowest BCUT2D eigenvalue weighted by Gasteiger charge is -2.12. The number of aryl methyl sites for hydroxylation is 1. The summed E-state index contributed by atoms with van der Waals surface area (Å²) in [5.41, 5.74) is 1.04. The second kappa shape index (κ2) is 4.68. The summed E-state index contributed by atoms with van der Waals surface area (Å²) >= 11 is 0. The largest absolute Gasteiger partial charge is 0.335 e. The summed E-state index contributed by atoms with van der Waals surface area (Å²) in [7, 11) is 1.94. The van der Waals surface area contributed by atoms with Gasteiger partial charge in [0.05, 0.1) is 18.2 Å². The summed E-state index contributed by atoms with van der Waals surface area (Å²) in [5.74, 6) is 2.71. The smallest absolute Gasteiger partial charge is 0.111 e. The maximum absolute atomic E-state index is 5.42. The Morgan fingerprint density at radius 3 is 3.00 bits per heavy atom. The van der Waals surface area contributed by atoms with E-state index in [0.717, 1.165) is 18.7 Å². The topological polar surface area (TPSA) is 29.9 Å². The van der Waals surface area contributed by atoms with Crippen LogP contribution >= 0.6 is 0 Å². The highest BCUT2D eigenvalue weighted by Crippen LogP contribution is 2.09. The average molecular weight is 177 g/mol. The predicted octanol–water partition coefficient (Wildman–Crippen LogP) is 1.09. The van der Waals surface area contributed by atoms with E-state index >= 15 is 0 Å². The number of rotatable bonds is 4. The van der Waals surface area contributed by atoms with Crippen LogP contribution in [0.3, 0.4) is 0 Å². The summed E-state index contributed by atoms with van der Waals surface area (Å²) in [6.45, 7) is 3.05. The van der Waals surface area contributed by atoms with E-state index in [1.54, 1.807) is 12.5 Å². The first-order valence-electron chi connectivity index (χ1n) is 4.45. The third kappa shape index (κ3) is 2.33. The predicted molar refractivity (Wildman–Crippen MR) is 53.1 cm³/mol. The van der Waals surface area contributed by atoms with Crippen LogP contribution in [0.25, 0.3) is 0 Å². The zero-order valence-corrected chi connectivity index (χ0v) is 8.12. The Hall–Kier alpha value is -1.27. The number of aromatic nitrogens is 2. The van der Waals surface area contributed by atoms with Crippen LogP contribution in [0.2, 0.25) is 0 Å². The molecule has 1 atom stereocenters. The SMILES string of the molecule is C#CC(NCCC)c1cncn1C. The van der Waals surface area contributed by atoms with Crippen molar-refractivity contribution in [3.8, 4) is 12.3 Å². The van der Waals surface area contributed by atoms with Crippen molar-refractivity contribution in [3.05, 3.63) is 18.2 Å². The molecule has 0 radical (unpaired) electrons. The molecule has 0 aliphatic rings. The lowest BCUT2D eigenvalue weighted by atomic mass is 10.2. The van der Waals surface area contributed by atoms with E-state index in [1.807, 2.05) is 11.6 Å². The molecule has 1 rings (SSSR count). The molecular formula is C10H15N3. The second-order valence-corrected chi connectivity index (χ2v) is 2.98. The molecule has 0 amide bonds. The molecule has 0 spiro atoms. The first-order valence-corrected chi connectivity index (χ1v) is 4.45. The zero-order valence-electron chi connectivity index (χ0n) is 8.12. The van der Waals surface area contributed by atoms with Crippen molar-refractivity contribution in [3.63, 3.8) is 0 Å². The summed E-state index contributed by atoms with van der Waals surface area (Å²) in [6, 6.07) is -0.0209. The van der Waals surface area contributed by atoms with Gasteiger partial charge in [0, 0.05) is 7.05 Å². The number of terminal acetylenes is 1. The van der Waals surface area contributed by atoms with Gasteiger partial charge in [0.15, 0.2) is 0 Å². The van der Waals surface area contributed by atoms with Crippen LogP contribution in [-0.4, -0.2) is 16.1 Å². The van der Waals surface area contributed by atoms with Crippen LogP contribution in [0.4, 0.5) is 0 Å². The van der Waals surface area contributed by atoms with Gasteiger partial charge in [0.25, 0.3) is 0 Å². The Bertz CT molecular complexity index is 295. The molecule has 0 aliphatic carbocycles. The molecule has 1 aromatic rings.